The topological polar surface area (TPSA) is 75.6 Å². The van der Waals surface area contributed by atoms with Gasteiger partial charge in [0.25, 0.3) is 5.91 Å². The van der Waals surface area contributed by atoms with Gasteiger partial charge in [-0.05, 0) is 12.1 Å². The molecule has 0 aromatic heterocycles. The van der Waals surface area contributed by atoms with Gasteiger partial charge in [0.2, 0.25) is 0 Å². The molecule has 0 aliphatic carbocycles. The molecule has 1 aromatic rings. The molecule has 98 valence electrons. The van der Waals surface area contributed by atoms with Gasteiger partial charge in [-0.25, -0.2) is 4.79 Å². The summed E-state index contributed by atoms with van der Waals surface area (Å²) in [6, 6.07) is 2.53. The normalized spacial score (nSPS) is 10.2. The van der Waals surface area contributed by atoms with Crippen LogP contribution in [0.25, 0.3) is 0 Å². The highest BCUT2D eigenvalue weighted by Crippen LogP contribution is 2.26. The number of carboxylic acid groups (broad SMARTS) is 1. The lowest BCUT2D eigenvalue weighted by Crippen LogP contribution is -2.27. The first-order chi connectivity index (χ1) is 8.47. The third-order valence-electron chi connectivity index (χ3n) is 2.11. The average molecular weight is 292 g/mol. The minimum absolute atomic E-state index is 0.0770. The van der Waals surface area contributed by atoms with Gasteiger partial charge in [0, 0.05) is 19.2 Å². The largest absolute Gasteiger partial charge is 0.478 e. The number of hydrogen-bond acceptors (Lipinski definition) is 3. The number of carbonyl (C=O) groups is 2. The molecule has 0 atom stereocenters. The summed E-state index contributed by atoms with van der Waals surface area (Å²) in [7, 11) is 1.52. The molecule has 0 aliphatic heterocycles. The summed E-state index contributed by atoms with van der Waals surface area (Å²) < 4.78 is 4.78. The number of halogens is 2. The maximum atomic E-state index is 11.7. The van der Waals surface area contributed by atoms with E-state index in [1.807, 2.05) is 0 Å². The number of methoxy groups -OCH3 is 1. The zero-order chi connectivity index (χ0) is 13.7. The summed E-state index contributed by atoms with van der Waals surface area (Å²) in [6.45, 7) is 0.714. The van der Waals surface area contributed by atoms with Crippen LogP contribution in [0.1, 0.15) is 20.7 Å². The third kappa shape index (κ3) is 3.60. The molecule has 1 rings (SSSR count). The van der Waals surface area contributed by atoms with Crippen LogP contribution in [-0.2, 0) is 4.74 Å². The SMILES string of the molecule is COCCNC(=O)c1cc(Cl)c(C(=O)O)c(Cl)c1. The predicted molar refractivity (Wildman–Crippen MR) is 67.6 cm³/mol. The van der Waals surface area contributed by atoms with Crippen LogP contribution in [0.15, 0.2) is 12.1 Å². The van der Waals surface area contributed by atoms with Gasteiger partial charge in [0.1, 0.15) is 0 Å². The zero-order valence-corrected chi connectivity index (χ0v) is 11.0. The Morgan fingerprint density at radius 3 is 2.33 bits per heavy atom. The minimum Gasteiger partial charge on any atom is -0.478 e. The van der Waals surface area contributed by atoms with Crippen LogP contribution in [0, 0.1) is 0 Å². The Morgan fingerprint density at radius 1 is 1.33 bits per heavy atom. The summed E-state index contributed by atoms with van der Waals surface area (Å²) in [6.07, 6.45) is 0. The molecule has 0 unspecified atom stereocenters. The molecule has 0 saturated carbocycles. The highest BCUT2D eigenvalue weighted by molar-refractivity contribution is 6.39. The molecule has 18 heavy (non-hydrogen) atoms. The summed E-state index contributed by atoms with van der Waals surface area (Å²) in [4.78, 5) is 22.5. The van der Waals surface area contributed by atoms with Crippen molar-refractivity contribution < 1.29 is 19.4 Å². The van der Waals surface area contributed by atoms with Gasteiger partial charge in [-0.15, -0.1) is 0 Å². The van der Waals surface area contributed by atoms with Crippen molar-refractivity contribution in [2.45, 2.75) is 0 Å². The lowest BCUT2D eigenvalue weighted by Gasteiger charge is -2.07. The number of ether oxygens (including phenoxy) is 1. The van der Waals surface area contributed by atoms with E-state index in [2.05, 4.69) is 5.32 Å². The summed E-state index contributed by atoms with van der Waals surface area (Å²) in [5, 5.41) is 11.3. The van der Waals surface area contributed by atoms with E-state index >= 15 is 0 Å². The van der Waals surface area contributed by atoms with E-state index < -0.39 is 11.9 Å². The number of benzene rings is 1. The minimum atomic E-state index is -1.24. The van der Waals surface area contributed by atoms with E-state index in [-0.39, 0.29) is 21.2 Å². The van der Waals surface area contributed by atoms with Gasteiger partial charge in [-0.1, -0.05) is 23.2 Å². The van der Waals surface area contributed by atoms with Crippen LogP contribution < -0.4 is 5.32 Å². The van der Waals surface area contributed by atoms with Crippen molar-refractivity contribution in [3.63, 3.8) is 0 Å². The smallest absolute Gasteiger partial charge is 0.338 e. The van der Waals surface area contributed by atoms with Crippen molar-refractivity contribution in [3.8, 4) is 0 Å². The second kappa shape index (κ2) is 6.58. The monoisotopic (exact) mass is 291 g/mol. The van der Waals surface area contributed by atoms with Crippen molar-refractivity contribution in [1.82, 2.24) is 5.32 Å². The molecule has 0 heterocycles. The molecule has 2 N–H and O–H groups in total. The maximum absolute atomic E-state index is 11.7. The quantitative estimate of drug-likeness (QED) is 0.815. The van der Waals surface area contributed by atoms with Gasteiger partial charge in [0.15, 0.2) is 0 Å². The molecular weight excluding hydrogens is 281 g/mol. The molecule has 1 amide bonds. The van der Waals surface area contributed by atoms with E-state index in [1.54, 1.807) is 0 Å². The van der Waals surface area contributed by atoms with Gasteiger partial charge in [0.05, 0.1) is 22.2 Å². The van der Waals surface area contributed by atoms with Gasteiger partial charge in [-0.2, -0.15) is 0 Å². The maximum Gasteiger partial charge on any atom is 0.338 e. The molecule has 0 spiro atoms. The highest BCUT2D eigenvalue weighted by atomic mass is 35.5. The number of hydrogen-bond donors (Lipinski definition) is 2. The Kier molecular flexibility index (Phi) is 5.40. The van der Waals surface area contributed by atoms with Crippen LogP contribution >= 0.6 is 23.2 Å². The summed E-state index contributed by atoms with van der Waals surface area (Å²) in [5.74, 6) is -1.64. The Morgan fingerprint density at radius 2 is 1.89 bits per heavy atom. The van der Waals surface area contributed by atoms with E-state index in [0.29, 0.717) is 13.2 Å². The third-order valence-corrected chi connectivity index (χ3v) is 2.71. The fourth-order valence-corrected chi connectivity index (χ4v) is 1.93. The highest BCUT2D eigenvalue weighted by Gasteiger charge is 2.17. The first-order valence-electron chi connectivity index (χ1n) is 4.96. The predicted octanol–water partition coefficient (Wildman–Crippen LogP) is 2.07. The molecule has 0 fully saturated rings. The van der Waals surface area contributed by atoms with E-state index in [4.69, 9.17) is 33.0 Å². The van der Waals surface area contributed by atoms with E-state index in [0.717, 1.165) is 0 Å². The van der Waals surface area contributed by atoms with Crippen LogP contribution in [0.3, 0.4) is 0 Å². The lowest BCUT2D eigenvalue weighted by molar-refractivity contribution is 0.0696. The first kappa shape index (κ1) is 14.8. The van der Waals surface area contributed by atoms with Gasteiger partial charge >= 0.3 is 5.97 Å². The number of aromatic carboxylic acids is 1. The fourth-order valence-electron chi connectivity index (χ4n) is 1.28. The second-order valence-electron chi connectivity index (χ2n) is 3.37. The van der Waals surface area contributed by atoms with Crippen molar-refractivity contribution in [2.75, 3.05) is 20.3 Å². The molecule has 7 heteroatoms. The van der Waals surface area contributed by atoms with E-state index in [1.165, 1.54) is 19.2 Å². The Hall–Kier alpha value is -1.30. The fraction of sp³-hybridized carbons (Fsp3) is 0.273. The number of carbonyl (C=O) groups excluding carboxylic acids is 1. The molecule has 1 aromatic carbocycles. The zero-order valence-electron chi connectivity index (χ0n) is 9.50. The Bertz CT molecular complexity index is 453. The van der Waals surface area contributed by atoms with Crippen molar-refractivity contribution >= 4 is 35.1 Å². The second-order valence-corrected chi connectivity index (χ2v) is 4.18. The number of rotatable bonds is 5. The molecule has 0 radical (unpaired) electrons. The molecule has 0 saturated heterocycles. The van der Waals surface area contributed by atoms with Crippen LogP contribution in [-0.4, -0.2) is 37.2 Å². The van der Waals surface area contributed by atoms with Gasteiger partial charge < -0.3 is 15.2 Å². The first-order valence-corrected chi connectivity index (χ1v) is 5.72. The van der Waals surface area contributed by atoms with Crippen molar-refractivity contribution in [1.29, 1.82) is 0 Å². The van der Waals surface area contributed by atoms with Gasteiger partial charge in [-0.3, -0.25) is 4.79 Å². The molecule has 0 aliphatic rings. The Labute approximate surface area is 114 Å². The van der Waals surface area contributed by atoms with Crippen LogP contribution in [0.2, 0.25) is 10.0 Å². The number of carboxylic acids is 1. The number of amides is 1. The lowest BCUT2D eigenvalue weighted by atomic mass is 10.1. The Balaban J connectivity index is 2.92. The van der Waals surface area contributed by atoms with E-state index in [9.17, 15) is 9.59 Å². The standard InChI is InChI=1S/C11H11Cl2NO4/c1-18-3-2-14-10(15)6-4-7(12)9(11(16)17)8(13)5-6/h4-5H,2-3H2,1H3,(H,14,15)(H,16,17). The van der Waals surface area contributed by atoms with Crippen LogP contribution in [0.5, 0.6) is 0 Å². The molecule has 5 nitrogen and oxygen atoms in total. The average Bonchev–Trinajstić information content (AvgIpc) is 2.27. The molecule has 0 bridgehead atoms. The van der Waals surface area contributed by atoms with Crippen LogP contribution in [0.4, 0.5) is 0 Å². The van der Waals surface area contributed by atoms with Crippen molar-refractivity contribution in [3.05, 3.63) is 33.3 Å². The number of nitrogens with one attached hydrogen (secondary N) is 1. The summed E-state index contributed by atoms with van der Waals surface area (Å²) in [5.41, 5.74) is -0.0159. The summed E-state index contributed by atoms with van der Waals surface area (Å²) >= 11 is 11.5. The van der Waals surface area contributed by atoms with Crippen molar-refractivity contribution in [2.24, 2.45) is 0 Å². The molecular formula is C11H11Cl2NO4.